The number of anilines is 1. The number of hydrogen-bond donors (Lipinski definition) is 0. The van der Waals surface area contributed by atoms with Crippen molar-refractivity contribution in [3.63, 3.8) is 0 Å². The summed E-state index contributed by atoms with van der Waals surface area (Å²) in [6, 6.07) is 6.99. The molecule has 0 radical (unpaired) electrons. The molecule has 0 aliphatic carbocycles. The molecule has 7 heteroatoms. The summed E-state index contributed by atoms with van der Waals surface area (Å²) in [4.78, 5) is 0. The molecular weight excluding hydrogens is 336 g/mol. The van der Waals surface area contributed by atoms with Gasteiger partial charge >= 0.3 is 0 Å². The Morgan fingerprint density at radius 3 is 2.56 bits per heavy atom. The predicted octanol–water partition coefficient (Wildman–Crippen LogP) is 3.06. The molecule has 0 N–H and O–H groups in total. The van der Waals surface area contributed by atoms with Gasteiger partial charge in [-0.15, -0.1) is 11.3 Å². The highest BCUT2D eigenvalue weighted by Crippen LogP contribution is 2.30. The monoisotopic (exact) mass is 348 g/mol. The standard InChI is InChI=1S/C11H13BrN2O2S2/c1-3-14(10-5-4-8-13(10)2)18(15,16)11-7-6-9(12)17-11/h4-8H,3H2,1-2H3. The number of nitrogens with zero attached hydrogens (tertiary/aromatic N) is 2. The Morgan fingerprint density at radius 2 is 2.11 bits per heavy atom. The van der Waals surface area contributed by atoms with Crippen LogP contribution in [-0.4, -0.2) is 19.5 Å². The van der Waals surface area contributed by atoms with Crippen LogP contribution in [0.25, 0.3) is 0 Å². The van der Waals surface area contributed by atoms with Crippen LogP contribution in [0.1, 0.15) is 6.92 Å². The summed E-state index contributed by atoms with van der Waals surface area (Å²) in [6.45, 7) is 2.23. The third kappa shape index (κ3) is 2.34. The molecular formula is C11H13BrN2O2S2. The molecule has 4 nitrogen and oxygen atoms in total. The van der Waals surface area contributed by atoms with Crippen LogP contribution in [-0.2, 0) is 17.1 Å². The maximum Gasteiger partial charge on any atom is 0.274 e. The zero-order valence-corrected chi connectivity index (χ0v) is 13.2. The van der Waals surface area contributed by atoms with E-state index in [0.29, 0.717) is 16.6 Å². The van der Waals surface area contributed by atoms with Crippen LogP contribution < -0.4 is 4.31 Å². The number of thiophene rings is 1. The normalized spacial score (nSPS) is 11.7. The molecule has 0 aromatic carbocycles. The number of sulfonamides is 1. The average Bonchev–Trinajstić information content (AvgIpc) is 2.90. The van der Waals surface area contributed by atoms with Crippen molar-refractivity contribution in [3.8, 4) is 0 Å². The number of halogens is 1. The second-order valence-corrected chi connectivity index (χ2v) is 8.26. The van der Waals surface area contributed by atoms with Crippen LogP contribution in [0, 0.1) is 0 Å². The van der Waals surface area contributed by atoms with Gasteiger partial charge < -0.3 is 4.57 Å². The first-order valence-electron chi connectivity index (χ1n) is 5.36. The van der Waals surface area contributed by atoms with Gasteiger partial charge in [0.05, 0.1) is 3.79 Å². The lowest BCUT2D eigenvalue weighted by atomic mass is 10.6. The molecule has 2 rings (SSSR count). The van der Waals surface area contributed by atoms with Crippen molar-refractivity contribution in [2.24, 2.45) is 7.05 Å². The van der Waals surface area contributed by atoms with Crippen molar-refractivity contribution in [2.75, 3.05) is 10.8 Å². The fourth-order valence-corrected chi connectivity index (χ4v) is 5.35. The molecule has 0 aliphatic heterocycles. The van der Waals surface area contributed by atoms with Gasteiger partial charge in [-0.2, -0.15) is 0 Å². The zero-order chi connectivity index (χ0) is 13.3. The van der Waals surface area contributed by atoms with E-state index in [-0.39, 0.29) is 0 Å². The molecule has 0 spiro atoms. The summed E-state index contributed by atoms with van der Waals surface area (Å²) in [5.74, 6) is 0.669. The van der Waals surface area contributed by atoms with Crippen LogP contribution in [0.3, 0.4) is 0 Å². The zero-order valence-electron chi connectivity index (χ0n) is 10.00. The second kappa shape index (κ2) is 5.07. The SMILES string of the molecule is CCN(c1cccn1C)S(=O)(=O)c1ccc(Br)s1. The lowest BCUT2D eigenvalue weighted by Crippen LogP contribution is -2.31. The third-order valence-corrected chi connectivity index (χ3v) is 6.52. The topological polar surface area (TPSA) is 42.3 Å². The minimum atomic E-state index is -3.47. The van der Waals surface area contributed by atoms with Crippen LogP contribution in [0.4, 0.5) is 5.82 Å². The Hall–Kier alpha value is -0.790. The van der Waals surface area contributed by atoms with Crippen LogP contribution in [0.2, 0.25) is 0 Å². The first kappa shape index (κ1) is 13.6. The van der Waals surface area contributed by atoms with E-state index in [9.17, 15) is 8.42 Å². The molecule has 0 bridgehead atoms. The Morgan fingerprint density at radius 1 is 1.39 bits per heavy atom. The van der Waals surface area contributed by atoms with Crippen molar-refractivity contribution in [1.29, 1.82) is 0 Å². The molecule has 0 fully saturated rings. The van der Waals surface area contributed by atoms with Gasteiger partial charge in [0.25, 0.3) is 10.0 Å². The van der Waals surface area contributed by atoms with Gasteiger partial charge in [-0.05, 0) is 47.1 Å². The summed E-state index contributed by atoms with van der Waals surface area (Å²) in [5.41, 5.74) is 0. The van der Waals surface area contributed by atoms with Gasteiger partial charge in [-0.25, -0.2) is 8.42 Å². The van der Waals surface area contributed by atoms with E-state index in [4.69, 9.17) is 0 Å². The van der Waals surface area contributed by atoms with E-state index in [0.717, 1.165) is 3.79 Å². The summed E-state index contributed by atoms with van der Waals surface area (Å²) < 4.78 is 29.4. The molecule has 98 valence electrons. The maximum atomic E-state index is 12.5. The quantitative estimate of drug-likeness (QED) is 0.851. The molecule has 2 aromatic heterocycles. The van der Waals surface area contributed by atoms with Gasteiger partial charge in [-0.3, -0.25) is 4.31 Å². The molecule has 0 atom stereocenters. The number of rotatable bonds is 4. The molecule has 0 amide bonds. The molecule has 0 saturated carbocycles. The van der Waals surface area contributed by atoms with Crippen molar-refractivity contribution in [3.05, 3.63) is 34.2 Å². The van der Waals surface area contributed by atoms with Crippen LogP contribution in [0.5, 0.6) is 0 Å². The van der Waals surface area contributed by atoms with Gasteiger partial charge in [0.1, 0.15) is 10.0 Å². The fourth-order valence-electron chi connectivity index (χ4n) is 1.71. The lowest BCUT2D eigenvalue weighted by molar-refractivity contribution is 0.592. The molecule has 2 aromatic rings. The van der Waals surface area contributed by atoms with E-state index in [1.807, 2.05) is 26.2 Å². The van der Waals surface area contributed by atoms with Gasteiger partial charge in [-0.1, -0.05) is 0 Å². The van der Waals surface area contributed by atoms with Gasteiger partial charge in [0, 0.05) is 19.8 Å². The Bertz CT molecular complexity index is 646. The smallest absolute Gasteiger partial charge is 0.274 e. The van der Waals surface area contributed by atoms with E-state index in [1.54, 1.807) is 22.8 Å². The lowest BCUT2D eigenvalue weighted by Gasteiger charge is -2.22. The minimum Gasteiger partial charge on any atom is -0.337 e. The van der Waals surface area contributed by atoms with Gasteiger partial charge in [0.2, 0.25) is 0 Å². The summed E-state index contributed by atoms with van der Waals surface area (Å²) in [5, 5.41) is 0. The van der Waals surface area contributed by atoms with Crippen molar-refractivity contribution < 1.29 is 8.42 Å². The van der Waals surface area contributed by atoms with Crippen molar-refractivity contribution >= 4 is 43.1 Å². The highest BCUT2D eigenvalue weighted by molar-refractivity contribution is 9.11. The summed E-state index contributed by atoms with van der Waals surface area (Å²) in [6.07, 6.45) is 1.83. The predicted molar refractivity (Wildman–Crippen MR) is 77.6 cm³/mol. The van der Waals surface area contributed by atoms with E-state index in [2.05, 4.69) is 15.9 Å². The minimum absolute atomic E-state index is 0.345. The van der Waals surface area contributed by atoms with Crippen molar-refractivity contribution in [2.45, 2.75) is 11.1 Å². The molecule has 0 saturated heterocycles. The number of hydrogen-bond acceptors (Lipinski definition) is 3. The Kier molecular flexibility index (Phi) is 3.84. The second-order valence-electron chi connectivity index (χ2n) is 3.71. The van der Waals surface area contributed by atoms with Crippen LogP contribution >= 0.6 is 27.3 Å². The van der Waals surface area contributed by atoms with E-state index < -0.39 is 10.0 Å². The summed E-state index contributed by atoms with van der Waals surface area (Å²) in [7, 11) is -1.64. The van der Waals surface area contributed by atoms with E-state index >= 15 is 0 Å². The first-order valence-corrected chi connectivity index (χ1v) is 8.41. The fraction of sp³-hybridized carbons (Fsp3) is 0.273. The Balaban J connectivity index is 2.48. The molecule has 0 unspecified atom stereocenters. The first-order chi connectivity index (χ1) is 8.46. The summed E-state index contributed by atoms with van der Waals surface area (Å²) >= 11 is 4.51. The highest BCUT2D eigenvalue weighted by atomic mass is 79.9. The van der Waals surface area contributed by atoms with Gasteiger partial charge in [0.15, 0.2) is 0 Å². The highest BCUT2D eigenvalue weighted by Gasteiger charge is 2.26. The number of aromatic nitrogens is 1. The van der Waals surface area contributed by atoms with E-state index in [1.165, 1.54) is 15.6 Å². The average molecular weight is 349 g/mol. The largest absolute Gasteiger partial charge is 0.337 e. The molecule has 2 heterocycles. The Labute approximate surface area is 119 Å². The van der Waals surface area contributed by atoms with Crippen LogP contribution in [0.15, 0.2) is 38.5 Å². The third-order valence-electron chi connectivity index (χ3n) is 2.55. The molecule has 18 heavy (non-hydrogen) atoms. The van der Waals surface area contributed by atoms with Crippen molar-refractivity contribution in [1.82, 2.24) is 4.57 Å². The maximum absolute atomic E-state index is 12.5. The molecule has 0 aliphatic rings. The number of aryl methyl sites for hydroxylation is 1.